The van der Waals surface area contributed by atoms with E-state index in [9.17, 15) is 4.79 Å². The van der Waals surface area contributed by atoms with E-state index in [-0.39, 0.29) is 5.97 Å². The van der Waals surface area contributed by atoms with Gasteiger partial charge in [-0.3, -0.25) is 0 Å². The van der Waals surface area contributed by atoms with E-state index in [2.05, 4.69) is 27.0 Å². The summed E-state index contributed by atoms with van der Waals surface area (Å²) >= 11 is 1.39. The maximum absolute atomic E-state index is 12.0. The highest BCUT2D eigenvalue weighted by Crippen LogP contribution is 2.51. The normalized spacial score (nSPS) is 19.1. The lowest BCUT2D eigenvalue weighted by molar-refractivity contribution is 0.0605. The number of hydrogen-bond acceptors (Lipinski definition) is 6. The number of carbonyl (C=O) groups excluding carboxylic acids is 1. The van der Waals surface area contributed by atoms with Crippen molar-refractivity contribution in [3.05, 3.63) is 28.9 Å². The maximum Gasteiger partial charge on any atom is 0.348 e. The molecule has 0 atom stereocenters. The molecule has 0 aromatic carbocycles. The Bertz CT molecular complexity index is 808. The number of aryl methyl sites for hydroxylation is 1. The molecular weight excluding hydrogens is 310 g/mol. The third-order valence-corrected chi connectivity index (χ3v) is 6.08. The van der Waals surface area contributed by atoms with Crippen molar-refractivity contribution >= 4 is 33.3 Å². The summed E-state index contributed by atoms with van der Waals surface area (Å²) in [6.45, 7) is 3.84. The molecule has 1 spiro atoms. The molecule has 0 amide bonds. The highest BCUT2D eigenvalue weighted by atomic mass is 32.1. The van der Waals surface area contributed by atoms with Crippen LogP contribution in [-0.4, -0.2) is 36.1 Å². The van der Waals surface area contributed by atoms with Crippen LogP contribution in [0.3, 0.4) is 0 Å². The third-order valence-electron chi connectivity index (χ3n) is 4.90. The van der Waals surface area contributed by atoms with Crippen molar-refractivity contribution in [2.24, 2.45) is 5.41 Å². The number of ether oxygens (including phenoxy) is 1. The van der Waals surface area contributed by atoms with Gasteiger partial charge in [0, 0.05) is 13.1 Å². The average molecular weight is 329 g/mol. The molecule has 0 bridgehead atoms. The van der Waals surface area contributed by atoms with Gasteiger partial charge in [-0.05, 0) is 37.2 Å². The quantitative estimate of drug-likeness (QED) is 0.625. The smallest absolute Gasteiger partial charge is 0.348 e. The summed E-state index contributed by atoms with van der Waals surface area (Å²) in [5, 5.41) is 0.990. The number of anilines is 1. The van der Waals surface area contributed by atoms with Crippen LogP contribution in [0.2, 0.25) is 0 Å². The number of allylic oxidation sites excluding steroid dienone is 1. The van der Waals surface area contributed by atoms with Crippen LogP contribution in [0.15, 0.2) is 18.5 Å². The Labute approximate surface area is 139 Å². The number of carbonyl (C=O) groups is 1. The molecule has 2 aromatic heterocycles. The second-order valence-electron chi connectivity index (χ2n) is 6.48. The van der Waals surface area contributed by atoms with Gasteiger partial charge in [-0.15, -0.1) is 11.3 Å². The minimum Gasteiger partial charge on any atom is -0.465 e. The van der Waals surface area contributed by atoms with Crippen molar-refractivity contribution in [3.63, 3.8) is 0 Å². The van der Waals surface area contributed by atoms with Crippen LogP contribution in [0.1, 0.15) is 34.5 Å². The zero-order valence-electron chi connectivity index (χ0n) is 13.3. The number of esters is 1. The molecule has 120 valence electrons. The van der Waals surface area contributed by atoms with Crippen LogP contribution in [0, 0.1) is 12.3 Å². The number of rotatable bonds is 2. The predicted octanol–water partition coefficient (Wildman–Crippen LogP) is 3.33. The molecule has 1 saturated carbocycles. The molecule has 2 aliphatic rings. The Hall–Kier alpha value is -1.95. The van der Waals surface area contributed by atoms with E-state index in [1.165, 1.54) is 31.3 Å². The summed E-state index contributed by atoms with van der Waals surface area (Å²) in [4.78, 5) is 24.7. The highest BCUT2D eigenvalue weighted by molar-refractivity contribution is 7.20. The fraction of sp³-hybridized carbons (Fsp3) is 0.471. The van der Waals surface area contributed by atoms with Crippen LogP contribution in [0.4, 0.5) is 5.82 Å². The van der Waals surface area contributed by atoms with Gasteiger partial charge in [-0.25, -0.2) is 14.8 Å². The van der Waals surface area contributed by atoms with Crippen molar-refractivity contribution < 1.29 is 9.53 Å². The number of methoxy groups -OCH3 is 1. The first-order chi connectivity index (χ1) is 11.1. The molecule has 0 N–H and O–H groups in total. The Kier molecular flexibility index (Phi) is 3.37. The first-order valence-corrected chi connectivity index (χ1v) is 8.67. The Balaban J connectivity index is 1.82. The molecule has 5 nitrogen and oxygen atoms in total. The van der Waals surface area contributed by atoms with Gasteiger partial charge in [0.05, 0.1) is 12.5 Å². The van der Waals surface area contributed by atoms with Gasteiger partial charge < -0.3 is 9.64 Å². The van der Waals surface area contributed by atoms with Crippen molar-refractivity contribution in [2.75, 3.05) is 25.1 Å². The fourth-order valence-electron chi connectivity index (χ4n) is 3.35. The van der Waals surface area contributed by atoms with E-state index < -0.39 is 0 Å². The van der Waals surface area contributed by atoms with Crippen molar-refractivity contribution in [3.8, 4) is 0 Å². The van der Waals surface area contributed by atoms with Crippen LogP contribution in [0.25, 0.3) is 10.2 Å². The second kappa shape index (κ2) is 5.30. The zero-order chi connectivity index (χ0) is 16.0. The molecule has 4 rings (SSSR count). The molecule has 1 fully saturated rings. The van der Waals surface area contributed by atoms with Crippen LogP contribution in [-0.2, 0) is 4.74 Å². The van der Waals surface area contributed by atoms with Crippen molar-refractivity contribution in [1.82, 2.24) is 9.97 Å². The third kappa shape index (κ3) is 2.41. The van der Waals surface area contributed by atoms with Crippen LogP contribution >= 0.6 is 11.3 Å². The maximum atomic E-state index is 12.0. The molecule has 0 saturated heterocycles. The topological polar surface area (TPSA) is 55.3 Å². The van der Waals surface area contributed by atoms with Gasteiger partial charge in [-0.2, -0.15) is 0 Å². The lowest BCUT2D eigenvalue weighted by Gasteiger charge is -2.25. The standard InChI is InChI=1S/C17H19N3O2S/c1-11-12-14(20-8-4-3-5-17(9-20)6-7-17)18-10-19-15(12)23-13(11)16(21)22-2/h3-4,10H,5-9H2,1-2H3. The van der Waals surface area contributed by atoms with E-state index in [0.717, 1.165) is 41.1 Å². The zero-order valence-corrected chi connectivity index (χ0v) is 14.2. The largest absolute Gasteiger partial charge is 0.465 e. The van der Waals surface area contributed by atoms with E-state index in [1.807, 2.05) is 6.92 Å². The van der Waals surface area contributed by atoms with E-state index >= 15 is 0 Å². The molecule has 3 heterocycles. The van der Waals surface area contributed by atoms with Gasteiger partial charge in [0.15, 0.2) is 0 Å². The molecule has 0 radical (unpaired) electrons. The molecule has 1 aliphatic carbocycles. The summed E-state index contributed by atoms with van der Waals surface area (Å²) in [6.07, 6.45) is 9.86. The average Bonchev–Trinajstić information content (AvgIpc) is 3.30. The van der Waals surface area contributed by atoms with E-state index in [0.29, 0.717) is 10.3 Å². The summed E-state index contributed by atoms with van der Waals surface area (Å²) < 4.78 is 4.89. The van der Waals surface area contributed by atoms with Gasteiger partial charge in [-0.1, -0.05) is 12.2 Å². The van der Waals surface area contributed by atoms with Gasteiger partial charge in [0.2, 0.25) is 0 Å². The number of hydrogen-bond donors (Lipinski definition) is 0. The molecule has 23 heavy (non-hydrogen) atoms. The molecule has 0 unspecified atom stereocenters. The van der Waals surface area contributed by atoms with Gasteiger partial charge >= 0.3 is 5.97 Å². The Morgan fingerprint density at radius 1 is 1.35 bits per heavy atom. The first kappa shape index (κ1) is 14.6. The molecule has 2 aromatic rings. The van der Waals surface area contributed by atoms with Crippen LogP contribution in [0.5, 0.6) is 0 Å². The number of thiophene rings is 1. The SMILES string of the molecule is COC(=O)c1sc2ncnc(N3CC=CCC4(CC4)C3)c2c1C. The molecule has 6 heteroatoms. The van der Waals surface area contributed by atoms with E-state index in [1.54, 1.807) is 6.33 Å². The first-order valence-electron chi connectivity index (χ1n) is 7.86. The number of fused-ring (bicyclic) bond motifs is 1. The van der Waals surface area contributed by atoms with Crippen molar-refractivity contribution in [1.29, 1.82) is 0 Å². The second-order valence-corrected chi connectivity index (χ2v) is 7.48. The fourth-order valence-corrected chi connectivity index (χ4v) is 4.41. The monoisotopic (exact) mass is 329 g/mol. The number of nitrogens with zero attached hydrogens (tertiary/aromatic N) is 3. The van der Waals surface area contributed by atoms with Gasteiger partial charge in [0.1, 0.15) is 21.9 Å². The molecular formula is C17H19N3O2S. The van der Waals surface area contributed by atoms with Crippen molar-refractivity contribution in [2.45, 2.75) is 26.2 Å². The van der Waals surface area contributed by atoms with Gasteiger partial charge in [0.25, 0.3) is 0 Å². The minimum atomic E-state index is -0.300. The Morgan fingerprint density at radius 2 is 2.17 bits per heavy atom. The summed E-state index contributed by atoms with van der Waals surface area (Å²) in [6, 6.07) is 0. The summed E-state index contributed by atoms with van der Waals surface area (Å²) in [5.74, 6) is 0.641. The summed E-state index contributed by atoms with van der Waals surface area (Å²) in [7, 11) is 1.41. The lowest BCUT2D eigenvalue weighted by Crippen LogP contribution is -2.30. The lowest BCUT2D eigenvalue weighted by atomic mass is 10.0. The highest BCUT2D eigenvalue weighted by Gasteiger charge is 2.44. The van der Waals surface area contributed by atoms with Crippen LogP contribution < -0.4 is 4.90 Å². The summed E-state index contributed by atoms with van der Waals surface area (Å²) in [5.41, 5.74) is 1.35. The number of aromatic nitrogens is 2. The minimum absolute atomic E-state index is 0.300. The molecule has 1 aliphatic heterocycles. The Morgan fingerprint density at radius 3 is 2.91 bits per heavy atom. The predicted molar refractivity (Wildman–Crippen MR) is 91.1 cm³/mol. The van der Waals surface area contributed by atoms with E-state index in [4.69, 9.17) is 4.74 Å².